The molecule has 0 aliphatic carbocycles. The summed E-state index contributed by atoms with van der Waals surface area (Å²) in [7, 11) is -2.53. The van der Waals surface area contributed by atoms with Crippen LogP contribution >= 0.6 is 37.9 Å². The highest BCUT2D eigenvalue weighted by Gasteiger charge is 2.40. The lowest BCUT2D eigenvalue weighted by Crippen LogP contribution is -2.46. The maximum atomic E-state index is 11.2. The second-order valence-corrected chi connectivity index (χ2v) is 12.6. The normalized spacial score (nSPS) is 14.0. The molecule has 0 N–H and O–H groups in total. The highest BCUT2D eigenvalue weighted by molar-refractivity contribution is 7.81. The molecule has 31 heavy (non-hydrogen) atoms. The maximum absolute atomic E-state index is 11.2. The van der Waals surface area contributed by atoms with Gasteiger partial charge in [0.1, 0.15) is 5.78 Å². The summed E-state index contributed by atoms with van der Waals surface area (Å²) < 4.78 is 17.8. The van der Waals surface area contributed by atoms with Crippen LogP contribution in [0, 0.1) is 0 Å². The number of hydrogen-bond acceptors (Lipinski definition) is 7. The fourth-order valence-corrected chi connectivity index (χ4v) is 7.49. The number of carbonyl (C=O) groups is 1. The number of ketones is 1. The zero-order chi connectivity index (χ0) is 23.4. The molecule has 4 nitrogen and oxygen atoms in total. The summed E-state index contributed by atoms with van der Waals surface area (Å²) in [4.78, 5) is 11.2. The maximum Gasteiger partial charge on any atom is 0.500 e. The summed E-state index contributed by atoms with van der Waals surface area (Å²) in [5.41, 5.74) is 0. The summed E-state index contributed by atoms with van der Waals surface area (Å²) in [6, 6.07) is 0.848. The van der Waals surface area contributed by atoms with Gasteiger partial charge in [-0.05, 0) is 52.9 Å². The van der Waals surface area contributed by atoms with Crippen molar-refractivity contribution in [1.29, 1.82) is 0 Å². The zero-order valence-electron chi connectivity index (χ0n) is 20.2. The Hall–Kier alpha value is 0.817. The van der Waals surface area contributed by atoms with Crippen LogP contribution in [0.3, 0.4) is 0 Å². The van der Waals surface area contributed by atoms with Gasteiger partial charge in [-0.15, -0.1) is 0 Å². The molecule has 0 bridgehead atoms. The molecule has 0 aromatic heterocycles. The van der Waals surface area contributed by atoms with Crippen LogP contribution in [0.25, 0.3) is 0 Å². The highest BCUT2D eigenvalue weighted by atomic mass is 32.1. The molecule has 0 spiro atoms. The van der Waals surface area contributed by atoms with Gasteiger partial charge in [-0.3, -0.25) is 4.79 Å². The number of unbranched alkanes of at least 4 members (excludes halogenated alkanes) is 5. The Bertz CT molecular complexity index is 413. The summed E-state index contributed by atoms with van der Waals surface area (Å²) >= 11 is 13.5. The lowest BCUT2D eigenvalue weighted by Gasteiger charge is -2.29. The van der Waals surface area contributed by atoms with Crippen molar-refractivity contribution in [2.45, 2.75) is 114 Å². The first-order valence-corrected chi connectivity index (χ1v) is 15.9. The van der Waals surface area contributed by atoms with Crippen LogP contribution in [0.1, 0.15) is 97.8 Å². The van der Waals surface area contributed by atoms with E-state index >= 15 is 0 Å². The Balaban J connectivity index is 3.79. The van der Waals surface area contributed by atoms with E-state index in [9.17, 15) is 4.79 Å². The number of hydrogen-bond donors (Lipinski definition) is 3. The van der Waals surface area contributed by atoms with Crippen molar-refractivity contribution < 1.29 is 18.1 Å². The van der Waals surface area contributed by atoms with E-state index in [0.29, 0.717) is 42.5 Å². The molecule has 0 radical (unpaired) electrons. The Kier molecular flexibility index (Phi) is 21.9. The topological polar surface area (TPSA) is 44.8 Å². The molecule has 0 aromatic rings. The molecular formula is C23H48O4S3Si. The van der Waals surface area contributed by atoms with Crippen LogP contribution in [0.4, 0.5) is 0 Å². The highest BCUT2D eigenvalue weighted by Crippen LogP contribution is 2.24. The molecule has 0 saturated heterocycles. The van der Waals surface area contributed by atoms with Crippen LogP contribution in [0.15, 0.2) is 0 Å². The van der Waals surface area contributed by atoms with E-state index in [0.717, 1.165) is 38.1 Å². The Morgan fingerprint density at radius 2 is 1.13 bits per heavy atom. The van der Waals surface area contributed by atoms with Crippen LogP contribution in [-0.4, -0.2) is 50.7 Å². The number of rotatable bonds is 23. The van der Waals surface area contributed by atoms with Crippen molar-refractivity contribution in [3.63, 3.8) is 0 Å². The molecule has 0 rings (SSSR count). The van der Waals surface area contributed by atoms with E-state index in [-0.39, 0.29) is 5.78 Å². The molecule has 2 unspecified atom stereocenters. The number of thiol groups is 3. The van der Waals surface area contributed by atoms with Gasteiger partial charge in [0, 0.05) is 48.5 Å². The van der Waals surface area contributed by atoms with Gasteiger partial charge in [0.15, 0.2) is 0 Å². The van der Waals surface area contributed by atoms with Crippen LogP contribution in [-0.2, 0) is 18.1 Å². The molecule has 8 heteroatoms. The number of Topliss-reactive ketones (excluding diaryl/α,β-unsaturated/α-hetero) is 1. The Labute approximate surface area is 209 Å². The zero-order valence-corrected chi connectivity index (χ0v) is 23.8. The van der Waals surface area contributed by atoms with Crippen LogP contribution < -0.4 is 0 Å². The van der Waals surface area contributed by atoms with Gasteiger partial charge in [0.05, 0.1) is 0 Å². The van der Waals surface area contributed by atoms with Crippen molar-refractivity contribution in [2.75, 3.05) is 25.6 Å². The van der Waals surface area contributed by atoms with E-state index in [4.69, 9.17) is 38.5 Å². The second-order valence-electron chi connectivity index (χ2n) is 8.12. The third kappa shape index (κ3) is 17.9. The lowest BCUT2D eigenvalue weighted by molar-refractivity contribution is -0.116. The minimum Gasteiger partial charge on any atom is -0.374 e. The lowest BCUT2D eigenvalue weighted by atomic mass is 10.0. The molecule has 0 aliphatic heterocycles. The number of carbonyl (C=O) groups excluding carboxylic acids is 1. The molecule has 0 aromatic carbocycles. The Morgan fingerprint density at radius 1 is 0.710 bits per heavy atom. The predicted molar refractivity (Wildman–Crippen MR) is 145 cm³/mol. The molecule has 186 valence electrons. The van der Waals surface area contributed by atoms with E-state index in [1.807, 2.05) is 20.8 Å². The molecule has 0 amide bonds. The van der Waals surface area contributed by atoms with E-state index in [1.165, 1.54) is 38.5 Å². The van der Waals surface area contributed by atoms with Gasteiger partial charge in [-0.1, -0.05) is 38.5 Å². The predicted octanol–water partition coefficient (Wildman–Crippen LogP) is 6.81. The van der Waals surface area contributed by atoms with Gasteiger partial charge in [-0.25, -0.2) is 0 Å². The van der Waals surface area contributed by atoms with Gasteiger partial charge >= 0.3 is 8.80 Å². The van der Waals surface area contributed by atoms with Crippen LogP contribution in [0.2, 0.25) is 6.04 Å². The average molecular weight is 513 g/mol. The van der Waals surface area contributed by atoms with Gasteiger partial charge in [0.2, 0.25) is 0 Å². The first kappa shape index (κ1) is 31.8. The molecule has 0 saturated carbocycles. The first-order chi connectivity index (χ1) is 14.9. The fourth-order valence-electron chi connectivity index (χ4n) is 3.70. The summed E-state index contributed by atoms with van der Waals surface area (Å²) in [6.45, 7) is 7.89. The SMILES string of the molecule is CCO[Si](CCC(S)CCCCCCC(S)CCCCCC(=O)CS)(OCC)OCC. The fraction of sp³-hybridized carbons (Fsp3) is 0.957. The van der Waals surface area contributed by atoms with E-state index < -0.39 is 8.80 Å². The summed E-state index contributed by atoms with van der Waals surface area (Å²) in [6.07, 6.45) is 13.4. The van der Waals surface area contributed by atoms with Crippen molar-refractivity contribution in [3.05, 3.63) is 0 Å². The van der Waals surface area contributed by atoms with Crippen molar-refractivity contribution in [1.82, 2.24) is 0 Å². The van der Waals surface area contributed by atoms with Gasteiger partial charge in [0.25, 0.3) is 0 Å². The Morgan fingerprint density at radius 3 is 1.55 bits per heavy atom. The molecule has 0 aliphatic rings. The molecular weight excluding hydrogens is 465 g/mol. The average Bonchev–Trinajstić information content (AvgIpc) is 2.74. The van der Waals surface area contributed by atoms with Crippen molar-refractivity contribution in [2.24, 2.45) is 0 Å². The van der Waals surface area contributed by atoms with Gasteiger partial charge < -0.3 is 13.3 Å². The molecule has 2 atom stereocenters. The van der Waals surface area contributed by atoms with Crippen LogP contribution in [0.5, 0.6) is 0 Å². The largest absolute Gasteiger partial charge is 0.500 e. The minimum atomic E-state index is -2.53. The van der Waals surface area contributed by atoms with E-state index in [2.05, 4.69) is 12.6 Å². The summed E-state index contributed by atoms with van der Waals surface area (Å²) in [5.74, 6) is 0.632. The molecule has 0 fully saturated rings. The van der Waals surface area contributed by atoms with Crippen molar-refractivity contribution >= 4 is 52.5 Å². The second kappa shape index (κ2) is 21.4. The van der Waals surface area contributed by atoms with Crippen molar-refractivity contribution in [3.8, 4) is 0 Å². The summed E-state index contributed by atoms with van der Waals surface area (Å²) in [5, 5.41) is 0.868. The third-order valence-electron chi connectivity index (χ3n) is 5.37. The third-order valence-corrected chi connectivity index (χ3v) is 9.84. The quantitative estimate of drug-likeness (QED) is 0.0799. The first-order valence-electron chi connectivity index (χ1n) is 12.3. The monoisotopic (exact) mass is 512 g/mol. The molecule has 0 heterocycles. The standard InChI is InChI=1S/C23H48O4S3Si/c1-4-25-31(26-5-2,27-6-3)19-18-23(30)17-12-8-7-11-15-22(29)16-13-9-10-14-21(24)20-28/h22-23,28-30H,4-20H2,1-3H3. The van der Waals surface area contributed by atoms with Gasteiger partial charge in [-0.2, -0.15) is 37.9 Å². The minimum absolute atomic E-state index is 0.258. The smallest absolute Gasteiger partial charge is 0.374 e. The van der Waals surface area contributed by atoms with E-state index in [1.54, 1.807) is 0 Å².